The monoisotopic (exact) mass is 363 g/mol. The van der Waals surface area contributed by atoms with Crippen LogP contribution in [-0.4, -0.2) is 13.2 Å². The molecule has 1 unspecified atom stereocenters. The van der Waals surface area contributed by atoms with Crippen LogP contribution in [0.25, 0.3) is 5.70 Å². The first-order chi connectivity index (χ1) is 12.4. The smallest absolute Gasteiger partial charge is 0.135 e. The fraction of sp³-hybridized carbons (Fsp3) is 0.364. The fourth-order valence-corrected chi connectivity index (χ4v) is 2.79. The van der Waals surface area contributed by atoms with Crippen LogP contribution in [0.15, 0.2) is 54.2 Å². The van der Waals surface area contributed by atoms with Crippen LogP contribution in [-0.2, 0) is 6.42 Å². The molecule has 0 aliphatic rings. The number of allylic oxidation sites excluding steroid dienone is 6. The highest BCUT2D eigenvalue weighted by Crippen LogP contribution is 2.31. The summed E-state index contributed by atoms with van der Waals surface area (Å²) in [6.07, 6.45) is 6.65. The van der Waals surface area contributed by atoms with Crippen LogP contribution in [0.4, 0.5) is 13.2 Å². The molecule has 0 aliphatic carbocycles. The normalized spacial score (nSPS) is 14.3. The Kier molecular flexibility index (Phi) is 8.97. The van der Waals surface area contributed by atoms with Gasteiger partial charge in [-0.15, -0.1) is 0 Å². The Balaban J connectivity index is 3.76. The van der Waals surface area contributed by atoms with E-state index in [1.165, 1.54) is 12.1 Å². The average Bonchev–Trinajstić information content (AvgIpc) is 2.62. The van der Waals surface area contributed by atoms with Crippen molar-refractivity contribution in [1.29, 1.82) is 0 Å². The lowest BCUT2D eigenvalue weighted by Crippen LogP contribution is -2.15. The lowest BCUT2D eigenvalue weighted by atomic mass is 9.92. The van der Waals surface area contributed by atoms with Crippen LogP contribution in [0.3, 0.4) is 0 Å². The second-order valence-electron chi connectivity index (χ2n) is 5.96. The van der Waals surface area contributed by atoms with Crippen molar-refractivity contribution in [1.82, 2.24) is 5.32 Å². The Morgan fingerprint density at radius 1 is 1.23 bits per heavy atom. The Morgan fingerprint density at radius 2 is 1.85 bits per heavy atom. The van der Waals surface area contributed by atoms with Gasteiger partial charge in [0.25, 0.3) is 0 Å². The molecule has 0 spiro atoms. The summed E-state index contributed by atoms with van der Waals surface area (Å²) < 4.78 is 43.6. The molecule has 0 fully saturated rings. The predicted molar refractivity (Wildman–Crippen MR) is 105 cm³/mol. The van der Waals surface area contributed by atoms with E-state index in [1.807, 2.05) is 13.8 Å². The minimum absolute atomic E-state index is 0.0467. The fourth-order valence-electron chi connectivity index (χ4n) is 2.79. The molecule has 1 nitrogen and oxygen atoms in total. The first-order valence-electron chi connectivity index (χ1n) is 8.92. The van der Waals surface area contributed by atoms with Gasteiger partial charge in [-0.25, -0.2) is 13.2 Å². The first kappa shape index (κ1) is 21.8. The van der Waals surface area contributed by atoms with Gasteiger partial charge in [-0.05, 0) is 48.6 Å². The zero-order valence-corrected chi connectivity index (χ0v) is 16.0. The number of aryl methyl sites for hydroxylation is 1. The lowest BCUT2D eigenvalue weighted by Gasteiger charge is -2.20. The van der Waals surface area contributed by atoms with Crippen molar-refractivity contribution >= 4 is 5.70 Å². The summed E-state index contributed by atoms with van der Waals surface area (Å²) in [6.45, 7) is 9.09. The summed E-state index contributed by atoms with van der Waals surface area (Å²) in [7, 11) is 1.59. The predicted octanol–water partition coefficient (Wildman–Crippen LogP) is 6.28. The van der Waals surface area contributed by atoms with Gasteiger partial charge in [-0.2, -0.15) is 0 Å². The Morgan fingerprint density at radius 3 is 2.27 bits per heavy atom. The molecular formula is C22H28F3N. The standard InChI is InChI=1S/C22H28F3N/c1-6-10-16(11-7-2)18(14-17(23)9-4)22(26-5)21-19(24)12-15(8-3)13-20(21)25/h6-7,10-13,17,26H,1,8-9,14H2,2-5H3/b11-7-,16-10+,22-18+. The van der Waals surface area contributed by atoms with Gasteiger partial charge in [0, 0.05) is 13.5 Å². The summed E-state index contributed by atoms with van der Waals surface area (Å²) in [5.74, 6) is -1.32. The molecular weight excluding hydrogens is 335 g/mol. The number of hydrogen-bond acceptors (Lipinski definition) is 1. The first-order valence-corrected chi connectivity index (χ1v) is 8.92. The maximum absolute atomic E-state index is 14.7. The van der Waals surface area contributed by atoms with E-state index >= 15 is 0 Å². The molecule has 0 aromatic heterocycles. The van der Waals surface area contributed by atoms with E-state index in [1.54, 1.807) is 38.3 Å². The van der Waals surface area contributed by atoms with Gasteiger partial charge in [-0.1, -0.05) is 44.7 Å². The summed E-state index contributed by atoms with van der Waals surface area (Å²) in [4.78, 5) is 0. The molecule has 4 heteroatoms. The number of benzene rings is 1. The molecule has 0 radical (unpaired) electrons. The molecule has 1 N–H and O–H groups in total. The van der Waals surface area contributed by atoms with Crippen LogP contribution >= 0.6 is 0 Å². The minimum Gasteiger partial charge on any atom is -0.387 e. The van der Waals surface area contributed by atoms with Crippen molar-refractivity contribution in [3.05, 3.63) is 76.9 Å². The van der Waals surface area contributed by atoms with Crippen LogP contribution in [0.1, 0.15) is 44.7 Å². The highest BCUT2D eigenvalue weighted by molar-refractivity contribution is 5.73. The third-order valence-electron chi connectivity index (χ3n) is 4.17. The van der Waals surface area contributed by atoms with Crippen LogP contribution in [0.5, 0.6) is 0 Å². The third kappa shape index (κ3) is 5.38. The molecule has 1 aromatic rings. The van der Waals surface area contributed by atoms with Gasteiger partial charge in [0.1, 0.15) is 17.8 Å². The van der Waals surface area contributed by atoms with E-state index in [0.717, 1.165) is 0 Å². The van der Waals surface area contributed by atoms with Gasteiger partial charge in [0.2, 0.25) is 0 Å². The number of halogens is 3. The van der Waals surface area contributed by atoms with E-state index in [2.05, 4.69) is 11.9 Å². The quantitative estimate of drug-likeness (QED) is 0.509. The Labute approximate surface area is 155 Å². The van der Waals surface area contributed by atoms with Gasteiger partial charge >= 0.3 is 0 Å². The van der Waals surface area contributed by atoms with Crippen LogP contribution in [0, 0.1) is 11.6 Å². The molecule has 1 rings (SSSR count). The number of alkyl halides is 1. The van der Waals surface area contributed by atoms with Gasteiger partial charge in [-0.3, -0.25) is 0 Å². The van der Waals surface area contributed by atoms with Crippen molar-refractivity contribution in [3.63, 3.8) is 0 Å². The van der Waals surface area contributed by atoms with Gasteiger partial charge in [0.05, 0.1) is 11.3 Å². The molecule has 0 bridgehead atoms. The molecule has 1 aromatic carbocycles. The molecule has 0 amide bonds. The zero-order chi connectivity index (χ0) is 19.7. The molecule has 0 heterocycles. The highest BCUT2D eigenvalue weighted by atomic mass is 19.1. The summed E-state index contributed by atoms with van der Waals surface area (Å²) >= 11 is 0. The summed E-state index contributed by atoms with van der Waals surface area (Å²) in [5, 5.41) is 2.89. The number of nitrogens with one attached hydrogen (secondary N) is 1. The third-order valence-corrected chi connectivity index (χ3v) is 4.17. The van der Waals surface area contributed by atoms with Crippen molar-refractivity contribution in [3.8, 4) is 0 Å². The molecule has 142 valence electrons. The zero-order valence-electron chi connectivity index (χ0n) is 16.0. The van der Waals surface area contributed by atoms with Crippen LogP contribution in [0.2, 0.25) is 0 Å². The maximum Gasteiger partial charge on any atom is 0.135 e. The summed E-state index contributed by atoms with van der Waals surface area (Å²) in [6, 6.07) is 2.65. The summed E-state index contributed by atoms with van der Waals surface area (Å²) in [5.41, 5.74) is 1.85. The van der Waals surface area contributed by atoms with E-state index in [0.29, 0.717) is 29.6 Å². The molecule has 1 atom stereocenters. The average molecular weight is 363 g/mol. The van der Waals surface area contributed by atoms with E-state index in [-0.39, 0.29) is 17.7 Å². The Hall–Kier alpha value is -2.23. The van der Waals surface area contributed by atoms with Crippen LogP contribution < -0.4 is 5.32 Å². The minimum atomic E-state index is -1.12. The largest absolute Gasteiger partial charge is 0.387 e. The van der Waals surface area contributed by atoms with Crippen molar-refractivity contribution in [2.45, 2.75) is 46.2 Å². The van der Waals surface area contributed by atoms with E-state index < -0.39 is 17.8 Å². The van der Waals surface area contributed by atoms with Gasteiger partial charge in [0.15, 0.2) is 0 Å². The maximum atomic E-state index is 14.7. The van der Waals surface area contributed by atoms with Crippen molar-refractivity contribution in [2.24, 2.45) is 0 Å². The molecule has 26 heavy (non-hydrogen) atoms. The second-order valence-corrected chi connectivity index (χ2v) is 5.96. The highest BCUT2D eigenvalue weighted by Gasteiger charge is 2.21. The van der Waals surface area contributed by atoms with Crippen molar-refractivity contribution < 1.29 is 13.2 Å². The number of hydrogen-bond donors (Lipinski definition) is 1. The van der Waals surface area contributed by atoms with Gasteiger partial charge < -0.3 is 5.32 Å². The van der Waals surface area contributed by atoms with E-state index in [4.69, 9.17) is 0 Å². The van der Waals surface area contributed by atoms with E-state index in [9.17, 15) is 13.2 Å². The lowest BCUT2D eigenvalue weighted by molar-refractivity contribution is 0.323. The topological polar surface area (TPSA) is 12.0 Å². The Bertz CT molecular complexity index is 691. The molecule has 0 saturated carbocycles. The number of rotatable bonds is 9. The second kappa shape index (κ2) is 10.7. The molecule has 0 aliphatic heterocycles. The van der Waals surface area contributed by atoms with Crippen molar-refractivity contribution in [2.75, 3.05) is 7.05 Å². The molecule has 0 saturated heterocycles. The SMILES string of the molecule is C=C/C=C(\C=C/C)C(/CC(F)CC)=C(/NC)c1c(F)cc(CC)cc1F.